The number of fused-ring (bicyclic) bond motifs is 1. The smallest absolute Gasteiger partial charge is 0.391 e. The Labute approximate surface area is 123 Å². The van der Waals surface area contributed by atoms with Gasteiger partial charge in [-0.15, -0.1) is 0 Å². The molecule has 0 saturated heterocycles. The molecule has 3 aromatic rings. The van der Waals surface area contributed by atoms with Gasteiger partial charge in [-0.05, 0) is 29.8 Å². The number of nitrogens with one attached hydrogen (secondary N) is 1. The summed E-state index contributed by atoms with van der Waals surface area (Å²) >= 11 is 0. The van der Waals surface area contributed by atoms with Crippen LogP contribution in [0.15, 0.2) is 34.7 Å². The van der Waals surface area contributed by atoms with Crippen molar-refractivity contribution in [3.05, 3.63) is 35.9 Å². The van der Waals surface area contributed by atoms with Gasteiger partial charge in [-0.2, -0.15) is 0 Å². The molecule has 4 N–H and O–H groups in total. The van der Waals surface area contributed by atoms with Gasteiger partial charge in [0.05, 0.1) is 17.5 Å². The average molecular weight is 322 g/mol. The number of hydrogen-bond donors (Lipinski definition) is 4. The fourth-order valence-electron chi connectivity index (χ4n) is 2.06. The Kier molecular flexibility index (Phi) is 3.37. The van der Waals surface area contributed by atoms with Crippen molar-refractivity contribution in [2.45, 2.75) is 6.42 Å². The van der Waals surface area contributed by atoms with Crippen LogP contribution in [0, 0.1) is 0 Å². The Balaban J connectivity index is 1.99. The molecule has 2 heterocycles. The summed E-state index contributed by atoms with van der Waals surface area (Å²) in [5.41, 5.74) is 1.38. The van der Waals surface area contributed by atoms with E-state index in [0.717, 1.165) is 0 Å². The van der Waals surface area contributed by atoms with E-state index in [1.165, 1.54) is 12.1 Å². The van der Waals surface area contributed by atoms with Gasteiger partial charge in [-0.1, -0.05) is 6.07 Å². The van der Waals surface area contributed by atoms with Crippen molar-refractivity contribution in [2.75, 3.05) is 0 Å². The number of aliphatic carboxylic acids is 1. The first kappa shape index (κ1) is 14.5. The lowest BCUT2D eigenvalue weighted by atomic mass is 10.1. The SMILES string of the molecule is O=C(O)Cc1ccc2[nH]c(-c3ccc(P(=O)(O)O)o3)nc2c1. The van der Waals surface area contributed by atoms with Gasteiger partial charge in [-0.25, -0.2) is 4.98 Å². The lowest BCUT2D eigenvalue weighted by molar-refractivity contribution is -0.136. The van der Waals surface area contributed by atoms with Crippen LogP contribution in [0.2, 0.25) is 0 Å². The topological polar surface area (TPSA) is 137 Å². The van der Waals surface area contributed by atoms with E-state index in [4.69, 9.17) is 19.3 Å². The molecule has 0 aliphatic heterocycles. The maximum absolute atomic E-state index is 11.1. The number of benzene rings is 1. The molecule has 9 heteroatoms. The maximum atomic E-state index is 11.1. The summed E-state index contributed by atoms with van der Waals surface area (Å²) in [5, 5.41) is 8.78. The molecule has 0 bridgehead atoms. The summed E-state index contributed by atoms with van der Waals surface area (Å²) in [4.78, 5) is 36.0. The van der Waals surface area contributed by atoms with E-state index < -0.39 is 19.1 Å². The van der Waals surface area contributed by atoms with Crippen molar-refractivity contribution >= 4 is 30.1 Å². The molecule has 22 heavy (non-hydrogen) atoms. The summed E-state index contributed by atoms with van der Waals surface area (Å²) in [7, 11) is -4.45. The Hall–Kier alpha value is -2.41. The Morgan fingerprint density at radius 1 is 1.27 bits per heavy atom. The van der Waals surface area contributed by atoms with Crippen molar-refractivity contribution in [3.8, 4) is 11.6 Å². The van der Waals surface area contributed by atoms with Gasteiger partial charge in [0.1, 0.15) is 0 Å². The number of H-pyrrole nitrogens is 1. The highest BCUT2D eigenvalue weighted by Crippen LogP contribution is 2.35. The molecule has 0 saturated carbocycles. The van der Waals surface area contributed by atoms with Crippen LogP contribution < -0.4 is 5.50 Å². The zero-order valence-electron chi connectivity index (χ0n) is 11.1. The number of carbonyl (C=O) groups is 1. The van der Waals surface area contributed by atoms with Crippen LogP contribution in [-0.4, -0.2) is 30.8 Å². The Morgan fingerprint density at radius 2 is 2.05 bits per heavy atom. The van der Waals surface area contributed by atoms with Gasteiger partial charge >= 0.3 is 13.6 Å². The first-order valence-electron chi connectivity index (χ1n) is 6.20. The first-order valence-corrected chi connectivity index (χ1v) is 7.81. The molecule has 1 aromatic carbocycles. The third kappa shape index (κ3) is 2.80. The Morgan fingerprint density at radius 3 is 2.68 bits per heavy atom. The molecule has 0 aliphatic rings. The number of furan rings is 1. The summed E-state index contributed by atoms with van der Waals surface area (Å²) in [5.74, 6) is -0.441. The van der Waals surface area contributed by atoms with Crippen LogP contribution in [0.5, 0.6) is 0 Å². The van der Waals surface area contributed by atoms with Crippen LogP contribution in [0.3, 0.4) is 0 Å². The van der Waals surface area contributed by atoms with Crippen LogP contribution in [0.1, 0.15) is 5.56 Å². The van der Waals surface area contributed by atoms with Crippen LogP contribution >= 0.6 is 7.60 Å². The van der Waals surface area contributed by atoms with E-state index in [0.29, 0.717) is 22.4 Å². The van der Waals surface area contributed by atoms with E-state index in [1.54, 1.807) is 18.2 Å². The predicted octanol–water partition coefficient (Wildman–Crippen LogP) is 1.25. The predicted molar refractivity (Wildman–Crippen MR) is 76.8 cm³/mol. The number of rotatable bonds is 4. The minimum atomic E-state index is -4.45. The van der Waals surface area contributed by atoms with E-state index >= 15 is 0 Å². The molecule has 8 nitrogen and oxygen atoms in total. The number of carboxylic acids is 1. The highest BCUT2D eigenvalue weighted by molar-refractivity contribution is 7.59. The van der Waals surface area contributed by atoms with E-state index in [2.05, 4.69) is 9.97 Å². The van der Waals surface area contributed by atoms with Crippen molar-refractivity contribution in [2.24, 2.45) is 0 Å². The molecule has 114 valence electrons. The molecule has 3 rings (SSSR count). The van der Waals surface area contributed by atoms with Gasteiger partial charge in [-0.3, -0.25) is 9.36 Å². The van der Waals surface area contributed by atoms with Crippen molar-refractivity contribution in [1.29, 1.82) is 0 Å². The number of aromatic amines is 1. The number of imidazole rings is 1. The van der Waals surface area contributed by atoms with Crippen molar-refractivity contribution < 1.29 is 28.7 Å². The number of nitrogens with zero attached hydrogens (tertiary/aromatic N) is 1. The van der Waals surface area contributed by atoms with Crippen LogP contribution in [0.25, 0.3) is 22.6 Å². The van der Waals surface area contributed by atoms with E-state index in [1.807, 2.05) is 0 Å². The van der Waals surface area contributed by atoms with Gasteiger partial charge in [0.2, 0.25) is 5.50 Å². The molecule has 0 spiro atoms. The molecule has 0 radical (unpaired) electrons. The van der Waals surface area contributed by atoms with Gasteiger partial charge < -0.3 is 24.3 Å². The fraction of sp³-hybridized carbons (Fsp3) is 0.0769. The molecule has 0 amide bonds. The van der Waals surface area contributed by atoms with E-state index in [9.17, 15) is 9.36 Å². The van der Waals surface area contributed by atoms with Crippen LogP contribution in [0.4, 0.5) is 0 Å². The molecule has 0 atom stereocenters. The lowest BCUT2D eigenvalue weighted by Crippen LogP contribution is -1.99. The maximum Gasteiger partial charge on any atom is 0.391 e. The third-order valence-corrected chi connectivity index (χ3v) is 3.83. The van der Waals surface area contributed by atoms with Crippen molar-refractivity contribution in [1.82, 2.24) is 9.97 Å². The molecular formula is C13H11N2O6P. The second-order valence-electron chi connectivity index (χ2n) is 4.69. The standard InChI is InChI=1S/C13H11N2O6P/c16-11(17)6-7-1-2-8-9(5-7)15-13(14-8)10-3-4-12(21-10)22(18,19)20/h1-5H,6H2,(H,14,15)(H,16,17)(H2,18,19,20). The number of aromatic nitrogens is 2. The largest absolute Gasteiger partial charge is 0.481 e. The minimum absolute atomic E-state index is 0.110. The first-order chi connectivity index (χ1) is 10.3. The van der Waals surface area contributed by atoms with E-state index in [-0.39, 0.29) is 12.2 Å². The molecular weight excluding hydrogens is 311 g/mol. The van der Waals surface area contributed by atoms with Gasteiger partial charge in [0.15, 0.2) is 11.6 Å². The summed E-state index contributed by atoms with van der Waals surface area (Å²) in [6.45, 7) is 0. The molecule has 2 aromatic heterocycles. The molecule has 0 aliphatic carbocycles. The quantitative estimate of drug-likeness (QED) is 0.530. The zero-order valence-corrected chi connectivity index (χ0v) is 11.9. The second kappa shape index (κ2) is 5.10. The second-order valence-corrected chi connectivity index (χ2v) is 6.22. The fourth-order valence-corrected chi connectivity index (χ4v) is 2.55. The molecule has 0 fully saturated rings. The Bertz CT molecular complexity index is 906. The van der Waals surface area contributed by atoms with Gasteiger partial charge in [0.25, 0.3) is 0 Å². The highest BCUT2D eigenvalue weighted by atomic mass is 31.2. The average Bonchev–Trinajstić information content (AvgIpc) is 3.02. The summed E-state index contributed by atoms with van der Waals surface area (Å²) in [6, 6.07) is 7.60. The zero-order chi connectivity index (χ0) is 15.9. The van der Waals surface area contributed by atoms with Gasteiger partial charge in [0, 0.05) is 0 Å². The van der Waals surface area contributed by atoms with Crippen molar-refractivity contribution in [3.63, 3.8) is 0 Å². The van der Waals surface area contributed by atoms with Crippen LogP contribution in [-0.2, 0) is 15.8 Å². The lowest BCUT2D eigenvalue weighted by Gasteiger charge is -1.97. The third-order valence-electron chi connectivity index (χ3n) is 3.02. The highest BCUT2D eigenvalue weighted by Gasteiger charge is 2.23. The minimum Gasteiger partial charge on any atom is -0.481 e. The normalized spacial score (nSPS) is 11.9. The number of hydrogen-bond acceptors (Lipinski definition) is 4. The monoisotopic (exact) mass is 322 g/mol. The molecule has 0 unspecified atom stereocenters. The summed E-state index contributed by atoms with van der Waals surface area (Å²) in [6.07, 6.45) is -0.110. The number of carboxylic acid groups (broad SMARTS) is 1. The summed E-state index contributed by atoms with van der Waals surface area (Å²) < 4.78 is 16.2.